The Balaban J connectivity index is 0.00000120. The van der Waals surface area contributed by atoms with Crippen molar-refractivity contribution in [3.8, 4) is 0 Å². The van der Waals surface area contributed by atoms with Crippen LogP contribution in [0.25, 0.3) is 0 Å². The van der Waals surface area contributed by atoms with Crippen molar-refractivity contribution in [3.63, 3.8) is 0 Å². The van der Waals surface area contributed by atoms with Crippen molar-refractivity contribution in [1.82, 2.24) is 10.2 Å². The molecule has 100 valence electrons. The zero-order valence-corrected chi connectivity index (χ0v) is 13.1. The van der Waals surface area contributed by atoms with Crippen LogP contribution in [0, 0.1) is 0 Å². The third-order valence-electron chi connectivity index (χ3n) is 3.62. The van der Waals surface area contributed by atoms with Crippen molar-refractivity contribution in [2.45, 2.75) is 31.3 Å². The molecular formula is C12H16BrClN2OS. The number of fused-ring (bicyclic) bond motifs is 2. The van der Waals surface area contributed by atoms with Gasteiger partial charge < -0.3 is 10.2 Å². The molecule has 0 aromatic carbocycles. The van der Waals surface area contributed by atoms with Gasteiger partial charge in [-0.05, 0) is 46.6 Å². The SMILES string of the molecule is Cl.O=C(c1sccc1Br)N1CCC2CCC(C1)N2. The van der Waals surface area contributed by atoms with E-state index in [0.717, 1.165) is 28.9 Å². The number of thiophene rings is 1. The second-order valence-electron chi connectivity index (χ2n) is 4.78. The predicted octanol–water partition coefficient (Wildman–Crippen LogP) is 2.90. The van der Waals surface area contributed by atoms with Gasteiger partial charge in [0, 0.05) is 29.6 Å². The molecule has 2 fully saturated rings. The van der Waals surface area contributed by atoms with Gasteiger partial charge in [-0.15, -0.1) is 23.7 Å². The Morgan fingerprint density at radius 1 is 1.39 bits per heavy atom. The van der Waals surface area contributed by atoms with Crippen molar-refractivity contribution >= 4 is 45.6 Å². The second-order valence-corrected chi connectivity index (χ2v) is 6.55. The fourth-order valence-electron chi connectivity index (χ4n) is 2.72. The average molecular weight is 352 g/mol. The summed E-state index contributed by atoms with van der Waals surface area (Å²) in [5.41, 5.74) is 0. The number of nitrogens with zero attached hydrogens (tertiary/aromatic N) is 1. The number of rotatable bonds is 1. The normalized spacial score (nSPS) is 26.6. The molecule has 2 unspecified atom stereocenters. The topological polar surface area (TPSA) is 32.3 Å². The number of hydrogen-bond acceptors (Lipinski definition) is 3. The van der Waals surface area contributed by atoms with E-state index < -0.39 is 0 Å². The number of carbonyl (C=O) groups is 1. The van der Waals surface area contributed by atoms with Crippen LogP contribution < -0.4 is 5.32 Å². The van der Waals surface area contributed by atoms with Gasteiger partial charge in [-0.25, -0.2) is 0 Å². The Morgan fingerprint density at radius 2 is 2.17 bits per heavy atom. The van der Waals surface area contributed by atoms with Crippen molar-refractivity contribution in [3.05, 3.63) is 20.8 Å². The van der Waals surface area contributed by atoms with E-state index >= 15 is 0 Å². The number of nitrogens with one attached hydrogen (secondary N) is 1. The molecule has 0 aliphatic carbocycles. The number of likely N-dealkylation sites (tertiary alicyclic amines) is 1. The third kappa shape index (κ3) is 2.74. The van der Waals surface area contributed by atoms with Crippen molar-refractivity contribution in [2.24, 2.45) is 0 Å². The van der Waals surface area contributed by atoms with E-state index in [1.807, 2.05) is 16.3 Å². The Bertz CT molecular complexity index is 439. The lowest BCUT2D eigenvalue weighted by molar-refractivity contribution is 0.0752. The molecule has 0 saturated carbocycles. The summed E-state index contributed by atoms with van der Waals surface area (Å²) in [5.74, 6) is 0.182. The van der Waals surface area contributed by atoms with E-state index in [1.54, 1.807) is 0 Å². The van der Waals surface area contributed by atoms with Crippen LogP contribution in [0.1, 0.15) is 28.9 Å². The van der Waals surface area contributed by atoms with E-state index in [1.165, 1.54) is 24.2 Å². The quantitative estimate of drug-likeness (QED) is 0.844. The Labute approximate surface area is 125 Å². The van der Waals surface area contributed by atoms with E-state index in [-0.39, 0.29) is 18.3 Å². The van der Waals surface area contributed by atoms with Crippen LogP contribution in [0.4, 0.5) is 0 Å². The van der Waals surface area contributed by atoms with Gasteiger partial charge in [0.15, 0.2) is 0 Å². The van der Waals surface area contributed by atoms with Gasteiger partial charge in [0.05, 0.1) is 0 Å². The maximum atomic E-state index is 12.4. The van der Waals surface area contributed by atoms with E-state index in [9.17, 15) is 4.79 Å². The fraction of sp³-hybridized carbons (Fsp3) is 0.583. The van der Waals surface area contributed by atoms with Crippen LogP contribution in [-0.4, -0.2) is 36.0 Å². The molecular weight excluding hydrogens is 336 g/mol. The van der Waals surface area contributed by atoms with Gasteiger partial charge in [-0.3, -0.25) is 4.79 Å². The lowest BCUT2D eigenvalue weighted by Crippen LogP contribution is -2.38. The summed E-state index contributed by atoms with van der Waals surface area (Å²) in [4.78, 5) is 15.2. The Kier molecular flexibility index (Phi) is 4.69. The van der Waals surface area contributed by atoms with Crippen molar-refractivity contribution in [2.75, 3.05) is 13.1 Å². The molecule has 2 saturated heterocycles. The first-order valence-electron chi connectivity index (χ1n) is 6.02. The van der Waals surface area contributed by atoms with Gasteiger partial charge >= 0.3 is 0 Å². The van der Waals surface area contributed by atoms with Gasteiger partial charge in [0.2, 0.25) is 0 Å². The molecule has 3 nitrogen and oxygen atoms in total. The molecule has 1 aromatic rings. The lowest BCUT2D eigenvalue weighted by Gasteiger charge is -2.23. The van der Waals surface area contributed by atoms with E-state index in [0.29, 0.717) is 12.1 Å². The molecule has 2 atom stereocenters. The Hall–Kier alpha value is -0.100. The summed E-state index contributed by atoms with van der Waals surface area (Å²) in [7, 11) is 0. The Morgan fingerprint density at radius 3 is 2.89 bits per heavy atom. The highest BCUT2D eigenvalue weighted by Gasteiger charge is 2.32. The molecule has 1 N–H and O–H groups in total. The smallest absolute Gasteiger partial charge is 0.265 e. The first-order chi connectivity index (χ1) is 8.24. The predicted molar refractivity (Wildman–Crippen MR) is 79.7 cm³/mol. The minimum absolute atomic E-state index is 0. The second kappa shape index (κ2) is 5.90. The summed E-state index contributed by atoms with van der Waals surface area (Å²) >= 11 is 4.96. The summed E-state index contributed by atoms with van der Waals surface area (Å²) < 4.78 is 0.926. The van der Waals surface area contributed by atoms with Crippen LogP contribution in [-0.2, 0) is 0 Å². The maximum Gasteiger partial charge on any atom is 0.265 e. The summed E-state index contributed by atoms with van der Waals surface area (Å²) in [6, 6.07) is 3.08. The zero-order valence-electron chi connectivity index (χ0n) is 9.89. The molecule has 6 heteroatoms. The number of amides is 1. The standard InChI is InChI=1S/C12H15BrN2OS.ClH/c13-10-4-6-17-11(10)12(16)15-5-3-8-1-2-9(7-15)14-8;/h4,6,8-9,14H,1-3,5,7H2;1H. The van der Waals surface area contributed by atoms with Gasteiger partial charge in [0.1, 0.15) is 4.88 Å². The molecule has 3 rings (SSSR count). The van der Waals surface area contributed by atoms with Crippen molar-refractivity contribution in [1.29, 1.82) is 0 Å². The minimum atomic E-state index is 0. The zero-order chi connectivity index (χ0) is 11.8. The molecule has 1 aromatic heterocycles. The molecule has 2 bridgehead atoms. The van der Waals surface area contributed by atoms with Gasteiger partial charge in [0.25, 0.3) is 5.91 Å². The first kappa shape index (κ1) is 14.3. The number of halogens is 2. The van der Waals surface area contributed by atoms with Crippen LogP contribution in [0.5, 0.6) is 0 Å². The summed E-state index contributed by atoms with van der Waals surface area (Å²) in [6.45, 7) is 1.75. The van der Waals surface area contributed by atoms with Crippen molar-refractivity contribution < 1.29 is 4.79 Å². The maximum absolute atomic E-state index is 12.4. The molecule has 18 heavy (non-hydrogen) atoms. The fourth-order valence-corrected chi connectivity index (χ4v) is 4.23. The first-order valence-corrected chi connectivity index (χ1v) is 7.69. The highest BCUT2D eigenvalue weighted by molar-refractivity contribution is 9.10. The van der Waals surface area contributed by atoms with Crippen LogP contribution in [0.2, 0.25) is 0 Å². The average Bonchev–Trinajstić information content (AvgIpc) is 2.84. The van der Waals surface area contributed by atoms with Gasteiger partial charge in [-0.1, -0.05) is 0 Å². The third-order valence-corrected chi connectivity index (χ3v) is 5.45. The molecule has 0 radical (unpaired) electrons. The van der Waals surface area contributed by atoms with Crippen LogP contribution >= 0.6 is 39.7 Å². The molecule has 3 heterocycles. The highest BCUT2D eigenvalue weighted by Crippen LogP contribution is 2.27. The summed E-state index contributed by atoms with van der Waals surface area (Å²) in [6.07, 6.45) is 3.57. The molecule has 0 spiro atoms. The van der Waals surface area contributed by atoms with Crippen LogP contribution in [0.3, 0.4) is 0 Å². The number of hydrogen-bond donors (Lipinski definition) is 1. The van der Waals surface area contributed by atoms with E-state index in [2.05, 4.69) is 21.2 Å². The largest absolute Gasteiger partial charge is 0.336 e. The van der Waals surface area contributed by atoms with E-state index in [4.69, 9.17) is 0 Å². The van der Waals surface area contributed by atoms with Gasteiger partial charge in [-0.2, -0.15) is 0 Å². The lowest BCUT2D eigenvalue weighted by atomic mass is 10.1. The monoisotopic (exact) mass is 350 g/mol. The van der Waals surface area contributed by atoms with Crippen LogP contribution in [0.15, 0.2) is 15.9 Å². The number of carbonyl (C=O) groups excluding carboxylic acids is 1. The summed E-state index contributed by atoms with van der Waals surface area (Å²) in [5, 5.41) is 5.55. The molecule has 1 amide bonds. The highest BCUT2D eigenvalue weighted by atomic mass is 79.9. The molecule has 2 aliphatic rings. The minimum Gasteiger partial charge on any atom is -0.336 e. The molecule has 2 aliphatic heterocycles.